The molecule has 25 heavy (non-hydrogen) atoms. The molecule has 0 unspecified atom stereocenters. The van der Waals surface area contributed by atoms with Crippen LogP contribution in [0.15, 0.2) is 24.3 Å². The Morgan fingerprint density at radius 1 is 1.36 bits per heavy atom. The number of esters is 1. The average molecular weight is 341 g/mol. The van der Waals surface area contributed by atoms with Crippen molar-refractivity contribution in [3.63, 3.8) is 0 Å². The molecule has 1 aromatic carbocycles. The van der Waals surface area contributed by atoms with Crippen molar-refractivity contribution in [2.45, 2.75) is 44.2 Å². The molecule has 0 radical (unpaired) electrons. The topological polar surface area (TPSA) is 82.4 Å². The van der Waals surface area contributed by atoms with Gasteiger partial charge < -0.3 is 10.1 Å². The minimum absolute atomic E-state index is 0.164. The van der Waals surface area contributed by atoms with Crippen LogP contribution in [-0.4, -0.2) is 42.5 Å². The van der Waals surface area contributed by atoms with Gasteiger partial charge in [-0.3, -0.25) is 14.5 Å². The number of nitrogens with zero attached hydrogens (tertiary/aromatic N) is 2. The lowest BCUT2D eigenvalue weighted by Crippen LogP contribution is -2.46. The number of hydrogen-bond acceptors (Lipinski definition) is 5. The summed E-state index contributed by atoms with van der Waals surface area (Å²) in [6.45, 7) is 0.164. The van der Waals surface area contributed by atoms with Crippen molar-refractivity contribution in [2.24, 2.45) is 5.92 Å². The average Bonchev–Trinajstić information content (AvgIpc) is 2.99. The van der Waals surface area contributed by atoms with Crippen molar-refractivity contribution in [3.8, 4) is 6.07 Å². The number of methoxy groups -OCH3 is 1. The predicted molar refractivity (Wildman–Crippen MR) is 92.7 cm³/mol. The maximum Gasteiger partial charge on any atom is 0.323 e. The number of hydrogen-bond donors (Lipinski definition) is 1. The number of rotatable bonds is 4. The minimum Gasteiger partial charge on any atom is -0.468 e. The van der Waals surface area contributed by atoms with Crippen molar-refractivity contribution < 1.29 is 14.3 Å². The van der Waals surface area contributed by atoms with Gasteiger partial charge in [0.2, 0.25) is 5.91 Å². The number of likely N-dealkylation sites (tertiary alicyclic amines) is 1. The zero-order chi connectivity index (χ0) is 17.8. The van der Waals surface area contributed by atoms with E-state index < -0.39 is 0 Å². The summed E-state index contributed by atoms with van der Waals surface area (Å²) in [6.07, 6.45) is 5.23. The van der Waals surface area contributed by atoms with Crippen molar-refractivity contribution >= 4 is 17.6 Å². The first kappa shape index (κ1) is 17.4. The van der Waals surface area contributed by atoms with Crippen LogP contribution in [0.25, 0.3) is 0 Å². The van der Waals surface area contributed by atoms with Crippen LogP contribution in [0.3, 0.4) is 0 Å². The summed E-state index contributed by atoms with van der Waals surface area (Å²) in [4.78, 5) is 26.7. The van der Waals surface area contributed by atoms with E-state index in [-0.39, 0.29) is 30.5 Å². The third-order valence-corrected chi connectivity index (χ3v) is 5.30. The molecule has 2 fully saturated rings. The molecule has 3 atom stereocenters. The third-order valence-electron chi connectivity index (χ3n) is 5.30. The Morgan fingerprint density at radius 3 is 2.92 bits per heavy atom. The Hall–Kier alpha value is -2.39. The van der Waals surface area contributed by atoms with Crippen molar-refractivity contribution in [1.29, 1.82) is 5.26 Å². The highest BCUT2D eigenvalue weighted by molar-refractivity contribution is 5.93. The third kappa shape index (κ3) is 3.83. The monoisotopic (exact) mass is 341 g/mol. The lowest BCUT2D eigenvalue weighted by Gasteiger charge is -2.32. The number of ether oxygens (including phenoxy) is 1. The van der Waals surface area contributed by atoms with E-state index in [1.807, 2.05) is 4.90 Å². The molecule has 1 aromatic rings. The second kappa shape index (κ2) is 7.66. The lowest BCUT2D eigenvalue weighted by atomic mass is 9.85. The number of carbonyl (C=O) groups is 2. The van der Waals surface area contributed by atoms with Gasteiger partial charge in [0.05, 0.1) is 25.3 Å². The van der Waals surface area contributed by atoms with E-state index in [1.165, 1.54) is 13.5 Å². The summed E-state index contributed by atoms with van der Waals surface area (Å²) in [7, 11) is 1.40. The van der Waals surface area contributed by atoms with E-state index in [9.17, 15) is 9.59 Å². The van der Waals surface area contributed by atoms with Gasteiger partial charge in [-0.2, -0.15) is 5.26 Å². The molecule has 0 spiro atoms. The summed E-state index contributed by atoms with van der Waals surface area (Å²) >= 11 is 0. The fourth-order valence-corrected chi connectivity index (χ4v) is 4.18. The number of nitriles is 1. The normalized spacial score (nSPS) is 25.7. The van der Waals surface area contributed by atoms with Crippen LogP contribution in [0.5, 0.6) is 0 Å². The Kier molecular flexibility index (Phi) is 5.34. The summed E-state index contributed by atoms with van der Waals surface area (Å²) in [5.74, 6) is 0.0384. The van der Waals surface area contributed by atoms with Crippen LogP contribution >= 0.6 is 0 Å². The van der Waals surface area contributed by atoms with Gasteiger partial charge in [0.25, 0.3) is 0 Å². The summed E-state index contributed by atoms with van der Waals surface area (Å²) in [5.41, 5.74) is 1.09. The van der Waals surface area contributed by atoms with Gasteiger partial charge in [0, 0.05) is 11.7 Å². The second-order valence-corrected chi connectivity index (χ2v) is 6.80. The van der Waals surface area contributed by atoms with Gasteiger partial charge in [-0.15, -0.1) is 0 Å². The van der Waals surface area contributed by atoms with Crippen LogP contribution < -0.4 is 5.32 Å². The van der Waals surface area contributed by atoms with Gasteiger partial charge >= 0.3 is 5.97 Å². The summed E-state index contributed by atoms with van der Waals surface area (Å²) in [5, 5.41) is 11.8. The number of anilines is 1. The molecule has 6 nitrogen and oxygen atoms in total. The molecule has 132 valence electrons. The predicted octanol–water partition coefficient (Wildman–Crippen LogP) is 2.30. The quantitative estimate of drug-likeness (QED) is 0.850. The van der Waals surface area contributed by atoms with Gasteiger partial charge in [0.15, 0.2) is 0 Å². The Morgan fingerprint density at radius 2 is 2.16 bits per heavy atom. The maximum atomic E-state index is 12.5. The molecule has 0 aromatic heterocycles. The molecule has 0 bridgehead atoms. The van der Waals surface area contributed by atoms with E-state index in [2.05, 4.69) is 11.4 Å². The second-order valence-electron chi connectivity index (χ2n) is 6.80. The zero-order valence-electron chi connectivity index (χ0n) is 14.4. The highest BCUT2D eigenvalue weighted by atomic mass is 16.5. The molecule has 1 saturated heterocycles. The Balaban J connectivity index is 1.70. The van der Waals surface area contributed by atoms with Gasteiger partial charge in [0.1, 0.15) is 6.04 Å². The largest absolute Gasteiger partial charge is 0.468 e. The number of fused-ring (bicyclic) bond motifs is 1. The van der Waals surface area contributed by atoms with Crippen molar-refractivity contribution in [3.05, 3.63) is 29.8 Å². The fraction of sp³-hybridized carbons (Fsp3) is 0.526. The highest BCUT2D eigenvalue weighted by Gasteiger charge is 2.46. The minimum atomic E-state index is -0.339. The number of amides is 1. The van der Waals surface area contributed by atoms with Crippen LogP contribution in [0.1, 0.15) is 37.7 Å². The molecule has 2 aliphatic rings. The fourth-order valence-electron chi connectivity index (χ4n) is 4.18. The van der Waals surface area contributed by atoms with E-state index in [4.69, 9.17) is 10.00 Å². The maximum absolute atomic E-state index is 12.5. The number of benzene rings is 1. The molecular weight excluding hydrogens is 318 g/mol. The molecule has 1 aliphatic carbocycles. The van der Waals surface area contributed by atoms with E-state index in [1.54, 1.807) is 24.3 Å². The first-order chi connectivity index (χ1) is 12.1. The molecule has 1 saturated carbocycles. The number of nitrogens with one attached hydrogen (secondary N) is 1. The first-order valence-electron chi connectivity index (χ1n) is 8.76. The SMILES string of the molecule is COC(=O)[C@@H]1C[C@H]2CCCC[C@@H]2N1CC(=O)Nc1cccc(C#N)c1. The van der Waals surface area contributed by atoms with E-state index >= 15 is 0 Å². The lowest BCUT2D eigenvalue weighted by molar-refractivity contribution is -0.146. The van der Waals surface area contributed by atoms with Crippen LogP contribution in [0.2, 0.25) is 0 Å². The Labute approximate surface area is 147 Å². The first-order valence-corrected chi connectivity index (χ1v) is 8.76. The summed E-state index contributed by atoms with van der Waals surface area (Å²) < 4.78 is 4.95. The van der Waals surface area contributed by atoms with Gasteiger partial charge in [-0.05, 0) is 43.4 Å². The summed E-state index contributed by atoms with van der Waals surface area (Å²) in [6, 6.07) is 8.81. The van der Waals surface area contributed by atoms with Crippen molar-refractivity contribution in [2.75, 3.05) is 19.0 Å². The molecular formula is C19H23N3O3. The van der Waals surface area contributed by atoms with E-state index in [0.717, 1.165) is 25.7 Å². The van der Waals surface area contributed by atoms with Gasteiger partial charge in [-0.1, -0.05) is 18.9 Å². The molecule has 1 heterocycles. The molecule has 1 N–H and O–H groups in total. The van der Waals surface area contributed by atoms with Crippen molar-refractivity contribution in [1.82, 2.24) is 4.90 Å². The standard InChI is InChI=1S/C19H23N3O3/c1-25-19(24)17-10-14-6-2-3-8-16(14)22(17)12-18(23)21-15-7-4-5-13(9-15)11-20/h4-5,7,9,14,16-17H,2-3,6,8,10,12H2,1H3,(H,21,23)/t14-,16+,17+/m1/s1. The Bertz CT molecular complexity index is 697. The van der Waals surface area contributed by atoms with Crippen LogP contribution in [0, 0.1) is 17.2 Å². The molecule has 1 aliphatic heterocycles. The number of carbonyl (C=O) groups excluding carboxylic acids is 2. The highest BCUT2D eigenvalue weighted by Crippen LogP contribution is 2.39. The zero-order valence-corrected chi connectivity index (χ0v) is 14.4. The smallest absolute Gasteiger partial charge is 0.323 e. The van der Waals surface area contributed by atoms with Gasteiger partial charge in [-0.25, -0.2) is 0 Å². The van der Waals surface area contributed by atoms with Crippen LogP contribution in [-0.2, 0) is 14.3 Å². The molecule has 1 amide bonds. The van der Waals surface area contributed by atoms with E-state index in [0.29, 0.717) is 17.2 Å². The molecule has 3 rings (SSSR count). The van der Waals surface area contributed by atoms with Crippen LogP contribution in [0.4, 0.5) is 5.69 Å². The molecule has 6 heteroatoms.